The molecule has 29 heavy (non-hydrogen) atoms. The third-order valence-corrected chi connectivity index (χ3v) is 5.05. The molecule has 3 aromatic rings. The van der Waals surface area contributed by atoms with Gasteiger partial charge in [0, 0.05) is 16.9 Å². The summed E-state index contributed by atoms with van der Waals surface area (Å²) >= 11 is 0. The van der Waals surface area contributed by atoms with Crippen LogP contribution in [0.5, 0.6) is 5.75 Å². The molecule has 0 saturated carbocycles. The highest BCUT2D eigenvalue weighted by Gasteiger charge is 2.38. The number of hydrogen-bond donors (Lipinski definition) is 3. The molecule has 0 bridgehead atoms. The lowest BCUT2D eigenvalue weighted by Gasteiger charge is -2.31. The third kappa shape index (κ3) is 2.87. The fourth-order valence-corrected chi connectivity index (χ4v) is 3.77. The van der Waals surface area contributed by atoms with Crippen LogP contribution in [-0.2, 0) is 0 Å². The zero-order valence-corrected chi connectivity index (χ0v) is 14.9. The maximum absolute atomic E-state index is 11.9. The van der Waals surface area contributed by atoms with E-state index < -0.39 is 23.8 Å². The topological polar surface area (TPSA) is 131 Å². The molecular weight excluding hydrogens is 372 g/mol. The number of carboxylic acids is 2. The minimum absolute atomic E-state index is 0.0398. The van der Waals surface area contributed by atoms with Crippen LogP contribution in [0.4, 0.5) is 0 Å². The average Bonchev–Trinajstić information content (AvgIpc) is 2.72. The maximum Gasteiger partial charge on any atom is 0.336 e. The molecule has 2 atom stereocenters. The highest BCUT2D eigenvalue weighted by atomic mass is 16.5. The Morgan fingerprint density at radius 1 is 1.00 bits per heavy atom. The van der Waals surface area contributed by atoms with Gasteiger partial charge in [-0.15, -0.1) is 0 Å². The number of rotatable bonds is 3. The quantitative estimate of drug-likeness (QED) is 0.626. The van der Waals surface area contributed by atoms with Crippen LogP contribution in [0.25, 0.3) is 10.8 Å². The SMILES string of the molecule is N#CC1C(=N)Oc2c(cc(C(=O)O)c3ccccc23)C1c1cccc(C(=O)O)c1. The molecule has 0 fully saturated rings. The Morgan fingerprint density at radius 2 is 1.72 bits per heavy atom. The molecule has 7 heteroatoms. The molecule has 0 radical (unpaired) electrons. The number of carbonyl (C=O) groups is 2. The first-order chi connectivity index (χ1) is 13.9. The molecule has 1 aliphatic rings. The van der Waals surface area contributed by atoms with E-state index in [9.17, 15) is 25.1 Å². The summed E-state index contributed by atoms with van der Waals surface area (Å²) in [6.07, 6.45) is 0. The van der Waals surface area contributed by atoms with E-state index >= 15 is 0 Å². The molecule has 3 N–H and O–H groups in total. The average molecular weight is 386 g/mol. The zero-order chi connectivity index (χ0) is 20.7. The molecule has 2 unspecified atom stereocenters. The van der Waals surface area contributed by atoms with E-state index in [2.05, 4.69) is 0 Å². The number of hydrogen-bond acceptors (Lipinski definition) is 5. The Labute approximate surface area is 164 Å². The summed E-state index contributed by atoms with van der Waals surface area (Å²) in [4.78, 5) is 23.3. The number of carboxylic acid groups (broad SMARTS) is 2. The highest BCUT2D eigenvalue weighted by molar-refractivity contribution is 6.07. The molecule has 1 aliphatic heterocycles. The predicted octanol–water partition coefficient (Wildman–Crippen LogP) is 3.88. The van der Waals surface area contributed by atoms with Crippen molar-refractivity contribution in [2.24, 2.45) is 5.92 Å². The van der Waals surface area contributed by atoms with Crippen LogP contribution in [-0.4, -0.2) is 28.0 Å². The summed E-state index contributed by atoms with van der Waals surface area (Å²) < 4.78 is 5.66. The van der Waals surface area contributed by atoms with Crippen molar-refractivity contribution >= 4 is 28.6 Å². The lowest BCUT2D eigenvalue weighted by Crippen LogP contribution is -2.31. The van der Waals surface area contributed by atoms with Gasteiger partial charge >= 0.3 is 11.9 Å². The highest BCUT2D eigenvalue weighted by Crippen LogP contribution is 2.46. The maximum atomic E-state index is 11.9. The summed E-state index contributed by atoms with van der Waals surface area (Å²) in [5.74, 6) is -3.96. The summed E-state index contributed by atoms with van der Waals surface area (Å²) in [7, 11) is 0. The van der Waals surface area contributed by atoms with Crippen LogP contribution in [0.1, 0.15) is 37.8 Å². The van der Waals surface area contributed by atoms with Crippen molar-refractivity contribution in [1.82, 2.24) is 0 Å². The van der Waals surface area contributed by atoms with E-state index in [-0.39, 0.29) is 17.0 Å². The Balaban J connectivity index is 2.06. The van der Waals surface area contributed by atoms with E-state index in [0.29, 0.717) is 27.6 Å². The number of nitriles is 1. The molecular formula is C22H14N2O5. The minimum atomic E-state index is -1.13. The number of fused-ring (bicyclic) bond motifs is 3. The van der Waals surface area contributed by atoms with E-state index in [1.54, 1.807) is 36.4 Å². The van der Waals surface area contributed by atoms with Gasteiger partial charge in [-0.1, -0.05) is 36.4 Å². The van der Waals surface area contributed by atoms with Crippen molar-refractivity contribution < 1.29 is 24.5 Å². The Bertz CT molecular complexity index is 1240. The van der Waals surface area contributed by atoms with Crippen LogP contribution >= 0.6 is 0 Å². The molecule has 0 aromatic heterocycles. The monoisotopic (exact) mass is 386 g/mol. The van der Waals surface area contributed by atoms with Crippen molar-refractivity contribution in [2.75, 3.05) is 0 Å². The summed E-state index contributed by atoms with van der Waals surface area (Å²) in [6.45, 7) is 0. The van der Waals surface area contributed by atoms with E-state index in [0.717, 1.165) is 0 Å². The van der Waals surface area contributed by atoms with Gasteiger partial charge < -0.3 is 14.9 Å². The molecule has 7 nitrogen and oxygen atoms in total. The molecule has 4 rings (SSSR count). The van der Waals surface area contributed by atoms with E-state index in [1.807, 2.05) is 6.07 Å². The minimum Gasteiger partial charge on any atom is -0.478 e. The largest absolute Gasteiger partial charge is 0.478 e. The van der Waals surface area contributed by atoms with Crippen LogP contribution in [0.15, 0.2) is 54.6 Å². The van der Waals surface area contributed by atoms with Crippen LogP contribution in [0.2, 0.25) is 0 Å². The van der Waals surface area contributed by atoms with Gasteiger partial charge in [0.1, 0.15) is 11.7 Å². The van der Waals surface area contributed by atoms with Crippen LogP contribution in [0.3, 0.4) is 0 Å². The molecule has 1 heterocycles. The fourth-order valence-electron chi connectivity index (χ4n) is 3.77. The van der Waals surface area contributed by atoms with Gasteiger partial charge in [0.25, 0.3) is 0 Å². The second-order valence-electron chi connectivity index (χ2n) is 6.67. The standard InChI is InChI=1S/C22H14N2O5/c23-10-17-18(11-4-3-5-12(8-11)21(25)26)16-9-15(22(27)28)13-6-1-2-7-14(13)19(16)29-20(17)24/h1-9,17-18,24H,(H,25,26)(H,27,28). The summed E-state index contributed by atoms with van der Waals surface area (Å²) in [5.41, 5.74) is 1.02. The molecule has 0 saturated heterocycles. The molecule has 0 aliphatic carbocycles. The van der Waals surface area contributed by atoms with Crippen LogP contribution < -0.4 is 4.74 Å². The zero-order valence-electron chi connectivity index (χ0n) is 14.9. The van der Waals surface area contributed by atoms with Gasteiger partial charge in [0.15, 0.2) is 0 Å². The van der Waals surface area contributed by atoms with E-state index in [4.69, 9.17) is 10.1 Å². The normalized spacial score (nSPS) is 17.8. The van der Waals surface area contributed by atoms with Gasteiger partial charge in [-0.05, 0) is 29.1 Å². The van der Waals surface area contributed by atoms with E-state index in [1.165, 1.54) is 18.2 Å². The van der Waals surface area contributed by atoms with Crippen molar-refractivity contribution in [1.29, 1.82) is 10.7 Å². The van der Waals surface area contributed by atoms with Gasteiger partial charge in [0.05, 0.1) is 17.2 Å². The Hall–Kier alpha value is -4.18. The number of ether oxygens (including phenoxy) is 1. The first-order valence-corrected chi connectivity index (χ1v) is 8.70. The van der Waals surface area contributed by atoms with Crippen molar-refractivity contribution in [3.63, 3.8) is 0 Å². The van der Waals surface area contributed by atoms with Crippen molar-refractivity contribution in [3.05, 3.63) is 76.9 Å². The first-order valence-electron chi connectivity index (χ1n) is 8.70. The molecule has 0 amide bonds. The number of benzene rings is 3. The Kier molecular flexibility index (Phi) is 4.24. The lowest BCUT2D eigenvalue weighted by molar-refractivity contribution is 0.0687. The second-order valence-corrected chi connectivity index (χ2v) is 6.67. The fraction of sp³-hybridized carbons (Fsp3) is 0.0909. The van der Waals surface area contributed by atoms with Gasteiger partial charge in [-0.2, -0.15) is 5.26 Å². The number of nitrogens with one attached hydrogen (secondary N) is 1. The molecule has 142 valence electrons. The summed E-state index contributed by atoms with van der Waals surface area (Å²) in [5, 5.41) is 37.9. The van der Waals surface area contributed by atoms with Gasteiger partial charge in [0.2, 0.25) is 5.90 Å². The molecule has 0 spiro atoms. The first kappa shape index (κ1) is 18.2. The van der Waals surface area contributed by atoms with Crippen molar-refractivity contribution in [2.45, 2.75) is 5.92 Å². The van der Waals surface area contributed by atoms with Crippen LogP contribution in [0, 0.1) is 22.7 Å². The molecule has 3 aromatic carbocycles. The third-order valence-electron chi connectivity index (χ3n) is 5.05. The predicted molar refractivity (Wildman–Crippen MR) is 104 cm³/mol. The summed E-state index contributed by atoms with van der Waals surface area (Å²) in [6, 6.07) is 16.4. The van der Waals surface area contributed by atoms with Crippen molar-refractivity contribution in [3.8, 4) is 11.8 Å². The Morgan fingerprint density at radius 3 is 2.38 bits per heavy atom. The number of aromatic carboxylic acids is 2. The smallest absolute Gasteiger partial charge is 0.336 e. The number of nitrogens with zero attached hydrogens (tertiary/aromatic N) is 1. The van der Waals surface area contributed by atoms with Gasteiger partial charge in [-0.3, -0.25) is 5.41 Å². The van der Waals surface area contributed by atoms with Gasteiger partial charge in [-0.25, -0.2) is 9.59 Å². The second kappa shape index (κ2) is 6.77. The lowest BCUT2D eigenvalue weighted by atomic mass is 9.77.